The lowest BCUT2D eigenvalue weighted by molar-refractivity contribution is -0.577. The maximum atomic E-state index is 12.1. The summed E-state index contributed by atoms with van der Waals surface area (Å²) in [5, 5.41) is 12.7. The van der Waals surface area contributed by atoms with Crippen LogP contribution >= 0.6 is 0 Å². The van der Waals surface area contributed by atoms with Crippen molar-refractivity contribution in [2.75, 3.05) is 0 Å². The molecule has 0 aliphatic heterocycles. The van der Waals surface area contributed by atoms with Gasteiger partial charge in [-0.15, -0.1) is 0 Å². The molecular formula is C18H15NO3. The lowest BCUT2D eigenvalue weighted by atomic mass is 10.0. The molecule has 0 bridgehead atoms. The van der Waals surface area contributed by atoms with Gasteiger partial charge in [-0.25, -0.2) is 0 Å². The summed E-state index contributed by atoms with van der Waals surface area (Å²) in [6.45, 7) is 1.85. The summed E-state index contributed by atoms with van der Waals surface area (Å²) in [5.74, 6) is 0.394. The highest BCUT2D eigenvalue weighted by molar-refractivity contribution is 6.06. The second kappa shape index (κ2) is 5.85. The molecule has 3 aromatic rings. The molecule has 1 heterocycles. The van der Waals surface area contributed by atoms with Crippen LogP contribution in [0.4, 0.5) is 0 Å². The van der Waals surface area contributed by atoms with Crippen molar-refractivity contribution in [2.45, 2.75) is 13.5 Å². The molecule has 3 rings (SSSR count). The van der Waals surface area contributed by atoms with Gasteiger partial charge in [0.05, 0.1) is 5.39 Å². The van der Waals surface area contributed by atoms with Gasteiger partial charge in [0.15, 0.2) is 17.7 Å². The van der Waals surface area contributed by atoms with Crippen molar-refractivity contribution >= 4 is 16.7 Å². The normalized spacial score (nSPS) is 10.6. The Balaban J connectivity index is 2.03. The number of hydrogen-bond donors (Lipinski definition) is 0. The highest BCUT2D eigenvalue weighted by atomic mass is 16.5. The van der Waals surface area contributed by atoms with Crippen molar-refractivity contribution in [2.24, 2.45) is 0 Å². The molecule has 0 radical (unpaired) electrons. The minimum Gasteiger partial charge on any atom is -0.618 e. The Morgan fingerprint density at radius 3 is 2.59 bits per heavy atom. The number of fused-ring (bicyclic) bond motifs is 1. The van der Waals surface area contributed by atoms with Crippen LogP contribution in [0.2, 0.25) is 0 Å². The molecule has 0 saturated carbocycles. The standard InChI is InChI=1S/C18H15NO3/c1-13(20)15-9-10-17(18-16(15)8-5-11-19(18)21)22-12-14-6-3-2-4-7-14/h2-11H,12H2,1H3. The molecule has 0 fully saturated rings. The molecule has 0 N–H and O–H groups in total. The molecule has 0 aliphatic carbocycles. The van der Waals surface area contributed by atoms with Gasteiger partial charge in [-0.1, -0.05) is 30.3 Å². The molecule has 0 unspecified atom stereocenters. The number of ketones is 1. The zero-order valence-corrected chi connectivity index (χ0v) is 12.2. The third-order valence-electron chi connectivity index (χ3n) is 3.50. The van der Waals surface area contributed by atoms with Crippen LogP contribution in [0.15, 0.2) is 60.8 Å². The van der Waals surface area contributed by atoms with Gasteiger partial charge < -0.3 is 9.94 Å². The fourth-order valence-electron chi connectivity index (χ4n) is 2.43. The first kappa shape index (κ1) is 14.1. The summed E-state index contributed by atoms with van der Waals surface area (Å²) in [5.41, 5.74) is 1.91. The molecule has 4 nitrogen and oxygen atoms in total. The number of hydrogen-bond acceptors (Lipinski definition) is 3. The zero-order valence-electron chi connectivity index (χ0n) is 12.2. The van der Waals surface area contributed by atoms with Gasteiger partial charge in [0, 0.05) is 11.6 Å². The second-order valence-corrected chi connectivity index (χ2v) is 5.04. The van der Waals surface area contributed by atoms with E-state index >= 15 is 0 Å². The van der Waals surface area contributed by atoms with E-state index in [0.29, 0.717) is 28.8 Å². The van der Waals surface area contributed by atoms with Gasteiger partial charge in [-0.3, -0.25) is 4.79 Å². The minimum absolute atomic E-state index is 0.0780. The van der Waals surface area contributed by atoms with Crippen molar-refractivity contribution in [1.82, 2.24) is 0 Å². The first-order valence-electron chi connectivity index (χ1n) is 6.99. The van der Waals surface area contributed by atoms with Crippen molar-refractivity contribution in [3.05, 3.63) is 77.1 Å². The van der Waals surface area contributed by atoms with Crippen LogP contribution in [0.25, 0.3) is 10.9 Å². The maximum Gasteiger partial charge on any atom is 0.266 e. The van der Waals surface area contributed by atoms with E-state index < -0.39 is 0 Å². The number of aromatic nitrogens is 1. The molecule has 4 heteroatoms. The largest absolute Gasteiger partial charge is 0.618 e. The van der Waals surface area contributed by atoms with Crippen molar-refractivity contribution in [1.29, 1.82) is 0 Å². The fraction of sp³-hybridized carbons (Fsp3) is 0.111. The Morgan fingerprint density at radius 2 is 1.86 bits per heavy atom. The number of pyridine rings is 1. The van der Waals surface area contributed by atoms with Crippen LogP contribution in [-0.2, 0) is 6.61 Å². The van der Waals surface area contributed by atoms with E-state index in [4.69, 9.17) is 4.74 Å². The quantitative estimate of drug-likeness (QED) is 0.421. The van der Waals surface area contributed by atoms with Crippen LogP contribution in [-0.4, -0.2) is 5.78 Å². The second-order valence-electron chi connectivity index (χ2n) is 5.04. The van der Waals surface area contributed by atoms with Crippen LogP contribution in [0.1, 0.15) is 22.8 Å². The number of rotatable bonds is 4. The Hall–Kier alpha value is -2.88. The van der Waals surface area contributed by atoms with E-state index in [1.165, 1.54) is 13.1 Å². The maximum absolute atomic E-state index is 12.1. The first-order chi connectivity index (χ1) is 10.7. The van der Waals surface area contributed by atoms with E-state index in [9.17, 15) is 10.0 Å². The molecule has 0 saturated heterocycles. The van der Waals surface area contributed by atoms with E-state index in [1.807, 2.05) is 30.3 Å². The van der Waals surface area contributed by atoms with E-state index in [-0.39, 0.29) is 5.78 Å². The lowest BCUT2D eigenvalue weighted by Gasteiger charge is -2.11. The number of carbonyl (C=O) groups excluding carboxylic acids is 1. The number of Topliss-reactive ketones (excluding diaryl/α,β-unsaturated/α-hetero) is 1. The lowest BCUT2D eigenvalue weighted by Crippen LogP contribution is -2.27. The third-order valence-corrected chi connectivity index (χ3v) is 3.50. The molecule has 0 atom stereocenters. The fourth-order valence-corrected chi connectivity index (χ4v) is 2.43. The van der Waals surface area contributed by atoms with Gasteiger partial charge in [-0.05, 0) is 30.7 Å². The third kappa shape index (κ3) is 2.63. The van der Waals surface area contributed by atoms with E-state index in [2.05, 4.69) is 0 Å². The van der Waals surface area contributed by atoms with Crippen molar-refractivity contribution in [3.63, 3.8) is 0 Å². The van der Waals surface area contributed by atoms with Gasteiger partial charge in [0.25, 0.3) is 5.52 Å². The molecule has 2 aromatic carbocycles. The molecule has 110 valence electrons. The SMILES string of the molecule is CC(=O)c1ccc(OCc2ccccc2)c2c1ccc[n+]2[O-]. The summed E-state index contributed by atoms with van der Waals surface area (Å²) < 4.78 is 6.53. The zero-order chi connectivity index (χ0) is 15.5. The molecule has 22 heavy (non-hydrogen) atoms. The number of nitrogens with zero attached hydrogens (tertiary/aromatic N) is 1. The average molecular weight is 293 g/mol. The van der Waals surface area contributed by atoms with Crippen LogP contribution < -0.4 is 9.47 Å². The van der Waals surface area contributed by atoms with Gasteiger partial charge in [0.1, 0.15) is 6.61 Å². The monoisotopic (exact) mass is 293 g/mol. The van der Waals surface area contributed by atoms with Gasteiger partial charge >= 0.3 is 0 Å². The summed E-state index contributed by atoms with van der Waals surface area (Å²) >= 11 is 0. The predicted octanol–water partition coefficient (Wildman–Crippen LogP) is 3.25. The van der Waals surface area contributed by atoms with Crippen LogP contribution in [0.5, 0.6) is 5.75 Å². The highest BCUT2D eigenvalue weighted by Crippen LogP contribution is 2.26. The van der Waals surface area contributed by atoms with Crippen LogP contribution in [0.3, 0.4) is 0 Å². The number of benzene rings is 2. The Morgan fingerprint density at radius 1 is 1.09 bits per heavy atom. The molecule has 0 aliphatic rings. The summed E-state index contributed by atoms with van der Waals surface area (Å²) in [6, 6.07) is 16.5. The first-order valence-corrected chi connectivity index (χ1v) is 6.99. The van der Waals surface area contributed by atoms with Gasteiger partial charge in [0.2, 0.25) is 0 Å². The molecule has 1 aromatic heterocycles. The summed E-state index contributed by atoms with van der Waals surface area (Å²) in [4.78, 5) is 11.7. The molecule has 0 spiro atoms. The summed E-state index contributed by atoms with van der Waals surface area (Å²) in [7, 11) is 0. The van der Waals surface area contributed by atoms with Crippen molar-refractivity contribution < 1.29 is 14.3 Å². The Kier molecular flexibility index (Phi) is 3.74. The van der Waals surface area contributed by atoms with Crippen molar-refractivity contribution in [3.8, 4) is 5.75 Å². The topological polar surface area (TPSA) is 53.2 Å². The smallest absolute Gasteiger partial charge is 0.266 e. The van der Waals surface area contributed by atoms with E-state index in [1.54, 1.807) is 24.3 Å². The summed E-state index contributed by atoms with van der Waals surface area (Å²) in [6.07, 6.45) is 1.40. The van der Waals surface area contributed by atoms with Gasteiger partial charge in [-0.2, -0.15) is 4.73 Å². The predicted molar refractivity (Wildman–Crippen MR) is 83.7 cm³/mol. The Bertz CT molecular complexity index is 828. The molecule has 0 amide bonds. The van der Waals surface area contributed by atoms with Crippen LogP contribution in [0, 0.1) is 5.21 Å². The minimum atomic E-state index is -0.0780. The van der Waals surface area contributed by atoms with E-state index in [0.717, 1.165) is 10.3 Å². The Labute approximate surface area is 128 Å². The molecular weight excluding hydrogens is 278 g/mol. The average Bonchev–Trinajstić information content (AvgIpc) is 2.53. The number of ether oxygens (including phenoxy) is 1. The highest BCUT2D eigenvalue weighted by Gasteiger charge is 2.17. The number of carbonyl (C=O) groups is 1.